The molecule has 0 saturated carbocycles. The first kappa shape index (κ1) is 26.5. The molecule has 0 amide bonds. The topological polar surface area (TPSA) is 121 Å². The lowest BCUT2D eigenvalue weighted by Crippen LogP contribution is -2.34. The van der Waals surface area contributed by atoms with E-state index in [-0.39, 0.29) is 17.6 Å². The largest absolute Gasteiger partial charge is 0.477 e. The predicted molar refractivity (Wildman–Crippen MR) is 151 cm³/mol. The SMILES string of the molecule is CCCc1ccc(-n2cc(C(=O)O)c(=O)c3cnc(Nc4ccc(C5CCN(CCO)CC5)cc4)nc32)cc1. The monoisotopic (exact) mass is 527 g/mol. The Bertz CT molecular complexity index is 1510. The number of benzene rings is 2. The maximum atomic E-state index is 12.9. The molecule has 2 aromatic carbocycles. The van der Waals surface area contributed by atoms with Gasteiger partial charge in [-0.25, -0.2) is 9.78 Å². The molecule has 1 aliphatic heterocycles. The van der Waals surface area contributed by atoms with Crippen LogP contribution < -0.4 is 10.7 Å². The van der Waals surface area contributed by atoms with Crippen molar-refractivity contribution in [2.45, 2.75) is 38.5 Å². The van der Waals surface area contributed by atoms with Gasteiger partial charge >= 0.3 is 5.97 Å². The molecule has 0 aliphatic carbocycles. The van der Waals surface area contributed by atoms with Crippen molar-refractivity contribution in [2.75, 3.05) is 31.6 Å². The van der Waals surface area contributed by atoms with Gasteiger partial charge in [0.25, 0.3) is 0 Å². The third-order valence-electron chi connectivity index (χ3n) is 7.37. The molecule has 0 spiro atoms. The van der Waals surface area contributed by atoms with Crippen LogP contribution in [0.2, 0.25) is 0 Å². The number of carboxylic acid groups (broad SMARTS) is 1. The van der Waals surface area contributed by atoms with Gasteiger partial charge in [0.05, 0.1) is 12.0 Å². The Kier molecular flexibility index (Phi) is 7.99. The number of carbonyl (C=O) groups is 1. The summed E-state index contributed by atoms with van der Waals surface area (Å²) >= 11 is 0. The first-order valence-electron chi connectivity index (χ1n) is 13.4. The Hall–Kier alpha value is -4.08. The van der Waals surface area contributed by atoms with Gasteiger partial charge < -0.3 is 25.0 Å². The fourth-order valence-corrected chi connectivity index (χ4v) is 5.23. The second kappa shape index (κ2) is 11.8. The summed E-state index contributed by atoms with van der Waals surface area (Å²) in [4.78, 5) is 35.9. The van der Waals surface area contributed by atoms with Crippen molar-refractivity contribution in [3.05, 3.63) is 87.8 Å². The van der Waals surface area contributed by atoms with Crippen LogP contribution in [0.4, 0.5) is 11.6 Å². The van der Waals surface area contributed by atoms with E-state index in [0.29, 0.717) is 23.2 Å². The van der Waals surface area contributed by atoms with Crippen molar-refractivity contribution in [1.82, 2.24) is 19.4 Å². The molecule has 0 unspecified atom stereocenters. The van der Waals surface area contributed by atoms with Crippen LogP contribution in [0.15, 0.2) is 65.7 Å². The van der Waals surface area contributed by atoms with Gasteiger partial charge in [0.2, 0.25) is 11.4 Å². The van der Waals surface area contributed by atoms with Crippen molar-refractivity contribution in [1.29, 1.82) is 0 Å². The van der Waals surface area contributed by atoms with Crippen molar-refractivity contribution < 1.29 is 15.0 Å². The lowest BCUT2D eigenvalue weighted by molar-refractivity contribution is 0.0695. The van der Waals surface area contributed by atoms with Gasteiger partial charge in [-0.05, 0) is 73.7 Å². The molecule has 4 aromatic rings. The summed E-state index contributed by atoms with van der Waals surface area (Å²) in [5.74, 6) is -0.488. The predicted octanol–water partition coefficient (Wildman–Crippen LogP) is 4.35. The van der Waals surface area contributed by atoms with Crippen LogP contribution in [0.3, 0.4) is 0 Å². The van der Waals surface area contributed by atoms with Gasteiger partial charge in [0, 0.05) is 30.3 Å². The van der Waals surface area contributed by atoms with Gasteiger partial charge in [-0.3, -0.25) is 4.79 Å². The van der Waals surface area contributed by atoms with E-state index in [1.165, 1.54) is 23.5 Å². The summed E-state index contributed by atoms with van der Waals surface area (Å²) in [5, 5.41) is 22.2. The van der Waals surface area contributed by atoms with Crippen molar-refractivity contribution in [3.63, 3.8) is 0 Å². The summed E-state index contributed by atoms with van der Waals surface area (Å²) in [6.07, 6.45) is 6.82. The molecular weight excluding hydrogens is 494 g/mol. The van der Waals surface area contributed by atoms with Gasteiger partial charge in [0.15, 0.2) is 5.65 Å². The molecule has 2 aromatic heterocycles. The molecule has 39 heavy (non-hydrogen) atoms. The molecule has 1 fully saturated rings. The number of rotatable bonds is 9. The van der Waals surface area contributed by atoms with E-state index < -0.39 is 11.4 Å². The highest BCUT2D eigenvalue weighted by atomic mass is 16.4. The third-order valence-corrected chi connectivity index (χ3v) is 7.37. The lowest BCUT2D eigenvalue weighted by Gasteiger charge is -2.31. The number of aryl methyl sites for hydroxylation is 1. The minimum Gasteiger partial charge on any atom is -0.477 e. The van der Waals surface area contributed by atoms with E-state index in [1.54, 1.807) is 4.57 Å². The van der Waals surface area contributed by atoms with Crippen LogP contribution in [0.5, 0.6) is 0 Å². The fourth-order valence-electron chi connectivity index (χ4n) is 5.23. The van der Waals surface area contributed by atoms with Crippen LogP contribution in [0.1, 0.15) is 53.6 Å². The Morgan fingerprint density at radius 3 is 2.44 bits per heavy atom. The Labute approximate surface area is 226 Å². The minimum absolute atomic E-state index is 0.140. The van der Waals surface area contributed by atoms with Crippen LogP contribution in [0, 0.1) is 0 Å². The molecule has 1 saturated heterocycles. The molecule has 202 valence electrons. The average Bonchev–Trinajstić information content (AvgIpc) is 2.95. The number of β-amino-alcohol motifs (C(OH)–C–C–N with tert-alkyl or cyclic N) is 1. The zero-order chi connectivity index (χ0) is 27.4. The normalized spacial score (nSPS) is 14.5. The summed E-state index contributed by atoms with van der Waals surface area (Å²) in [5.41, 5.74) is 3.38. The van der Waals surface area contributed by atoms with E-state index in [0.717, 1.165) is 51.0 Å². The van der Waals surface area contributed by atoms with E-state index in [9.17, 15) is 14.7 Å². The summed E-state index contributed by atoms with van der Waals surface area (Å²) < 4.78 is 1.63. The van der Waals surface area contributed by atoms with Crippen LogP contribution >= 0.6 is 0 Å². The number of nitrogens with one attached hydrogen (secondary N) is 1. The number of anilines is 2. The smallest absolute Gasteiger partial charge is 0.341 e. The Morgan fingerprint density at radius 2 is 1.79 bits per heavy atom. The lowest BCUT2D eigenvalue weighted by atomic mass is 9.89. The summed E-state index contributed by atoms with van der Waals surface area (Å²) in [6.45, 7) is 5.02. The average molecular weight is 528 g/mol. The third kappa shape index (κ3) is 5.84. The van der Waals surface area contributed by atoms with Crippen molar-refractivity contribution >= 4 is 28.6 Å². The molecule has 1 aliphatic rings. The Balaban J connectivity index is 1.42. The zero-order valence-corrected chi connectivity index (χ0v) is 22.0. The molecule has 0 atom stereocenters. The minimum atomic E-state index is -1.29. The van der Waals surface area contributed by atoms with Crippen LogP contribution in [0.25, 0.3) is 16.7 Å². The second-order valence-corrected chi connectivity index (χ2v) is 9.98. The number of likely N-dealkylation sites (tertiary alicyclic amines) is 1. The first-order chi connectivity index (χ1) is 19.0. The molecule has 9 heteroatoms. The number of hydrogen-bond acceptors (Lipinski definition) is 7. The number of pyridine rings is 1. The number of nitrogens with zero attached hydrogens (tertiary/aromatic N) is 4. The van der Waals surface area contributed by atoms with E-state index in [4.69, 9.17) is 5.11 Å². The fraction of sp³-hybridized carbons (Fsp3) is 0.333. The van der Waals surface area contributed by atoms with Gasteiger partial charge in [-0.2, -0.15) is 4.98 Å². The number of aromatic nitrogens is 3. The maximum absolute atomic E-state index is 12.9. The van der Waals surface area contributed by atoms with Crippen molar-refractivity contribution in [2.24, 2.45) is 0 Å². The number of aromatic carboxylic acids is 1. The molecule has 0 radical (unpaired) electrons. The highest BCUT2D eigenvalue weighted by Gasteiger charge is 2.20. The number of carboxylic acids is 1. The second-order valence-electron chi connectivity index (χ2n) is 9.98. The number of fused-ring (bicyclic) bond motifs is 1. The van der Waals surface area contributed by atoms with E-state index >= 15 is 0 Å². The molecule has 3 heterocycles. The number of aliphatic hydroxyl groups excluding tert-OH is 1. The maximum Gasteiger partial charge on any atom is 0.341 e. The molecular formula is C30H33N5O4. The van der Waals surface area contributed by atoms with E-state index in [1.807, 2.05) is 36.4 Å². The highest BCUT2D eigenvalue weighted by molar-refractivity contribution is 5.92. The van der Waals surface area contributed by atoms with E-state index in [2.05, 4.69) is 39.2 Å². The van der Waals surface area contributed by atoms with Crippen LogP contribution in [-0.2, 0) is 6.42 Å². The molecule has 5 rings (SSSR count). The van der Waals surface area contributed by atoms with Crippen molar-refractivity contribution in [3.8, 4) is 5.69 Å². The molecule has 9 nitrogen and oxygen atoms in total. The zero-order valence-electron chi connectivity index (χ0n) is 22.0. The quantitative estimate of drug-likeness (QED) is 0.294. The highest BCUT2D eigenvalue weighted by Crippen LogP contribution is 2.29. The van der Waals surface area contributed by atoms with Gasteiger partial charge in [0.1, 0.15) is 5.56 Å². The van der Waals surface area contributed by atoms with Gasteiger partial charge in [-0.15, -0.1) is 0 Å². The number of hydrogen-bond donors (Lipinski definition) is 3. The number of piperidine rings is 1. The first-order valence-corrected chi connectivity index (χ1v) is 13.4. The Morgan fingerprint density at radius 1 is 1.08 bits per heavy atom. The van der Waals surface area contributed by atoms with Gasteiger partial charge in [-0.1, -0.05) is 37.6 Å². The number of aliphatic hydroxyl groups is 1. The standard InChI is InChI=1S/C30H33N5O4/c1-2-3-20-4-10-24(11-5-20)35-19-26(29(38)39)27(37)25-18-31-30(33-28(25)35)32-23-8-6-21(7-9-23)22-12-14-34(15-13-22)16-17-36/h4-11,18-19,22,36H,2-3,12-17H2,1H3,(H,38,39)(H,31,32,33). The molecule has 0 bridgehead atoms. The summed E-state index contributed by atoms with van der Waals surface area (Å²) in [7, 11) is 0. The van der Waals surface area contributed by atoms with Crippen LogP contribution in [-0.4, -0.2) is 61.9 Å². The summed E-state index contributed by atoms with van der Waals surface area (Å²) in [6, 6.07) is 16.0. The molecule has 3 N–H and O–H groups in total.